The molecule has 3 heteroatoms. The van der Waals surface area contributed by atoms with Crippen molar-refractivity contribution in [3.63, 3.8) is 0 Å². The van der Waals surface area contributed by atoms with Crippen LogP contribution in [-0.4, -0.2) is 5.91 Å². The van der Waals surface area contributed by atoms with E-state index in [4.69, 9.17) is 0 Å². The molecule has 0 fully saturated rings. The lowest BCUT2D eigenvalue weighted by Gasteiger charge is -2.11. The second kappa shape index (κ2) is 6.26. The normalized spacial score (nSPS) is 12.2. The Labute approximate surface area is 95.9 Å². The van der Waals surface area contributed by atoms with Crippen LogP contribution in [0.15, 0.2) is 24.3 Å². The van der Waals surface area contributed by atoms with Gasteiger partial charge in [-0.3, -0.25) is 4.79 Å². The lowest BCUT2D eigenvalue weighted by atomic mass is 10.1. The number of carbonyl (C=O) groups excluding carboxylic acids is 1. The van der Waals surface area contributed by atoms with Gasteiger partial charge in [-0.2, -0.15) is 0 Å². The summed E-state index contributed by atoms with van der Waals surface area (Å²) in [6.45, 7) is 4.35. The zero-order valence-corrected chi connectivity index (χ0v) is 9.79. The van der Waals surface area contributed by atoms with E-state index in [1.54, 1.807) is 12.1 Å². The molecule has 0 aromatic heterocycles. The van der Waals surface area contributed by atoms with Gasteiger partial charge in [0.2, 0.25) is 5.91 Å². The van der Waals surface area contributed by atoms with Gasteiger partial charge in [-0.1, -0.05) is 32.4 Å². The van der Waals surface area contributed by atoms with E-state index in [2.05, 4.69) is 12.2 Å². The van der Waals surface area contributed by atoms with Crippen LogP contribution in [0.25, 0.3) is 0 Å². The number of rotatable bonds is 5. The molecule has 0 aliphatic rings. The Balaban J connectivity index is 2.42. The Morgan fingerprint density at radius 1 is 1.50 bits per heavy atom. The molecule has 0 heterocycles. The van der Waals surface area contributed by atoms with Gasteiger partial charge in [0.1, 0.15) is 5.82 Å². The number of amides is 1. The van der Waals surface area contributed by atoms with Gasteiger partial charge in [0, 0.05) is 12.5 Å². The Kier molecular flexibility index (Phi) is 4.96. The summed E-state index contributed by atoms with van der Waals surface area (Å²) < 4.78 is 12.9. The van der Waals surface area contributed by atoms with Gasteiger partial charge in [0.05, 0.1) is 0 Å². The molecule has 88 valence electrons. The quantitative estimate of drug-likeness (QED) is 0.817. The molecule has 1 aromatic carbocycles. The van der Waals surface area contributed by atoms with E-state index in [-0.39, 0.29) is 17.6 Å². The van der Waals surface area contributed by atoms with E-state index in [1.807, 2.05) is 6.92 Å². The molecule has 0 bridgehead atoms. The molecule has 1 rings (SSSR count). The van der Waals surface area contributed by atoms with Crippen LogP contribution in [0, 0.1) is 11.7 Å². The first-order valence-electron chi connectivity index (χ1n) is 5.65. The molecule has 0 aliphatic heterocycles. The van der Waals surface area contributed by atoms with E-state index in [9.17, 15) is 9.18 Å². The minimum absolute atomic E-state index is 0.0264. The Morgan fingerprint density at radius 2 is 2.25 bits per heavy atom. The van der Waals surface area contributed by atoms with Crippen molar-refractivity contribution in [2.75, 3.05) is 0 Å². The zero-order chi connectivity index (χ0) is 12.0. The third kappa shape index (κ3) is 4.01. The van der Waals surface area contributed by atoms with E-state index in [0.29, 0.717) is 6.54 Å². The minimum atomic E-state index is -0.270. The van der Waals surface area contributed by atoms with Gasteiger partial charge in [0.15, 0.2) is 0 Å². The Morgan fingerprint density at radius 3 is 2.88 bits per heavy atom. The molecular formula is C13H18FNO. The molecule has 16 heavy (non-hydrogen) atoms. The van der Waals surface area contributed by atoms with Gasteiger partial charge in [0.25, 0.3) is 0 Å². The summed E-state index contributed by atoms with van der Waals surface area (Å²) >= 11 is 0. The monoisotopic (exact) mass is 223 g/mol. The number of nitrogens with one attached hydrogen (secondary N) is 1. The van der Waals surface area contributed by atoms with E-state index in [1.165, 1.54) is 12.1 Å². The second-order valence-corrected chi connectivity index (χ2v) is 4.04. The summed E-state index contributed by atoms with van der Waals surface area (Å²) in [6.07, 6.45) is 1.88. The fourth-order valence-corrected chi connectivity index (χ4v) is 1.57. The number of halogens is 1. The first-order chi connectivity index (χ1) is 7.63. The maximum Gasteiger partial charge on any atom is 0.223 e. The molecule has 0 saturated heterocycles. The smallest absolute Gasteiger partial charge is 0.223 e. The lowest BCUT2D eigenvalue weighted by Crippen LogP contribution is -2.28. The first-order valence-corrected chi connectivity index (χ1v) is 5.65. The largest absolute Gasteiger partial charge is 0.352 e. The van der Waals surface area contributed by atoms with Gasteiger partial charge >= 0.3 is 0 Å². The van der Waals surface area contributed by atoms with Gasteiger partial charge in [-0.15, -0.1) is 0 Å². The van der Waals surface area contributed by atoms with Gasteiger partial charge in [-0.05, 0) is 24.1 Å². The van der Waals surface area contributed by atoms with Crippen molar-refractivity contribution in [3.8, 4) is 0 Å². The molecule has 1 amide bonds. The summed E-state index contributed by atoms with van der Waals surface area (Å²) in [6, 6.07) is 6.27. The highest BCUT2D eigenvalue weighted by Crippen LogP contribution is 2.06. The van der Waals surface area contributed by atoms with Gasteiger partial charge < -0.3 is 5.32 Å². The molecule has 1 atom stereocenters. The van der Waals surface area contributed by atoms with E-state index >= 15 is 0 Å². The molecule has 2 nitrogen and oxygen atoms in total. The van der Waals surface area contributed by atoms with Crippen LogP contribution in [0.3, 0.4) is 0 Å². The van der Waals surface area contributed by atoms with Gasteiger partial charge in [-0.25, -0.2) is 4.39 Å². The number of hydrogen-bond donors (Lipinski definition) is 1. The van der Waals surface area contributed by atoms with Crippen molar-refractivity contribution >= 4 is 5.91 Å². The van der Waals surface area contributed by atoms with Crippen LogP contribution in [0.1, 0.15) is 32.3 Å². The number of carbonyl (C=O) groups is 1. The van der Waals surface area contributed by atoms with Crippen LogP contribution in [0.5, 0.6) is 0 Å². The van der Waals surface area contributed by atoms with Crippen molar-refractivity contribution < 1.29 is 9.18 Å². The average Bonchev–Trinajstić information content (AvgIpc) is 2.26. The van der Waals surface area contributed by atoms with Crippen molar-refractivity contribution in [2.24, 2.45) is 5.92 Å². The van der Waals surface area contributed by atoms with Crippen LogP contribution in [0.2, 0.25) is 0 Å². The molecule has 0 radical (unpaired) electrons. The molecule has 1 unspecified atom stereocenters. The summed E-state index contributed by atoms with van der Waals surface area (Å²) in [4.78, 5) is 11.6. The molecule has 1 N–H and O–H groups in total. The Bertz CT molecular complexity index is 352. The van der Waals surface area contributed by atoms with Crippen molar-refractivity contribution in [1.29, 1.82) is 0 Å². The second-order valence-electron chi connectivity index (χ2n) is 4.04. The fourth-order valence-electron chi connectivity index (χ4n) is 1.57. The minimum Gasteiger partial charge on any atom is -0.352 e. The predicted molar refractivity (Wildman–Crippen MR) is 62.3 cm³/mol. The van der Waals surface area contributed by atoms with E-state index < -0.39 is 0 Å². The molecule has 1 aromatic rings. The zero-order valence-electron chi connectivity index (χ0n) is 9.79. The van der Waals surface area contributed by atoms with Crippen molar-refractivity contribution in [1.82, 2.24) is 5.32 Å². The maximum atomic E-state index is 12.9. The average molecular weight is 223 g/mol. The third-order valence-corrected chi connectivity index (χ3v) is 2.53. The fraction of sp³-hybridized carbons (Fsp3) is 0.462. The summed E-state index contributed by atoms with van der Waals surface area (Å²) in [5.74, 6) is -0.210. The topological polar surface area (TPSA) is 29.1 Å². The lowest BCUT2D eigenvalue weighted by molar-refractivity contribution is -0.124. The highest BCUT2D eigenvalue weighted by Gasteiger charge is 2.10. The van der Waals surface area contributed by atoms with Crippen LogP contribution in [0.4, 0.5) is 4.39 Å². The van der Waals surface area contributed by atoms with Crippen LogP contribution in [-0.2, 0) is 11.3 Å². The summed E-state index contributed by atoms with van der Waals surface area (Å²) in [7, 11) is 0. The Hall–Kier alpha value is -1.38. The molecule has 0 aliphatic carbocycles. The van der Waals surface area contributed by atoms with Crippen LogP contribution >= 0.6 is 0 Å². The maximum absolute atomic E-state index is 12.9. The van der Waals surface area contributed by atoms with Crippen molar-refractivity contribution in [3.05, 3.63) is 35.6 Å². The van der Waals surface area contributed by atoms with E-state index in [0.717, 1.165) is 18.4 Å². The number of hydrogen-bond acceptors (Lipinski definition) is 1. The van der Waals surface area contributed by atoms with Crippen molar-refractivity contribution in [2.45, 2.75) is 33.2 Å². The first kappa shape index (κ1) is 12.7. The third-order valence-electron chi connectivity index (χ3n) is 2.53. The highest BCUT2D eigenvalue weighted by molar-refractivity contribution is 5.78. The summed E-state index contributed by atoms with van der Waals surface area (Å²) in [5.41, 5.74) is 0.789. The highest BCUT2D eigenvalue weighted by atomic mass is 19.1. The van der Waals surface area contributed by atoms with Crippen LogP contribution < -0.4 is 5.32 Å². The molecule has 0 spiro atoms. The summed E-state index contributed by atoms with van der Waals surface area (Å²) in [5, 5.41) is 2.81. The molecule has 0 saturated carbocycles. The molecular weight excluding hydrogens is 205 g/mol. The SMILES string of the molecule is CCCC(C)C(=O)NCc1cccc(F)c1. The standard InChI is InChI=1S/C13H18FNO/c1-3-5-10(2)13(16)15-9-11-6-4-7-12(14)8-11/h4,6-8,10H,3,5,9H2,1-2H3,(H,15,16). The predicted octanol–water partition coefficient (Wildman–Crippen LogP) is 2.88. The number of benzene rings is 1.